The molecule has 2 nitrogen and oxygen atoms in total. The average Bonchev–Trinajstić information content (AvgIpc) is 2.81. The molecule has 1 aliphatic rings. The van der Waals surface area contributed by atoms with E-state index in [9.17, 15) is 5.11 Å². The molecule has 0 saturated heterocycles. The molecule has 1 unspecified atom stereocenters. The number of hydrogen-bond acceptors (Lipinski definition) is 2. The first-order chi connectivity index (χ1) is 9.15. The van der Waals surface area contributed by atoms with Crippen molar-refractivity contribution < 1.29 is 5.11 Å². The van der Waals surface area contributed by atoms with Gasteiger partial charge in [0.05, 0.1) is 6.10 Å². The van der Waals surface area contributed by atoms with Crippen molar-refractivity contribution in [3.05, 3.63) is 63.6 Å². The minimum Gasteiger partial charge on any atom is -0.389 e. The molecule has 0 spiro atoms. The Kier molecular flexibility index (Phi) is 3.33. The molecule has 0 aromatic heterocycles. The molecule has 0 amide bonds. The lowest BCUT2D eigenvalue weighted by Crippen LogP contribution is -2.17. The Labute approximate surface area is 121 Å². The number of halogens is 1. The lowest BCUT2D eigenvalue weighted by Gasteiger charge is -2.23. The summed E-state index contributed by atoms with van der Waals surface area (Å²) < 4.78 is 1.04. The van der Waals surface area contributed by atoms with Gasteiger partial charge in [-0.05, 0) is 30.2 Å². The summed E-state index contributed by atoms with van der Waals surface area (Å²) in [5.74, 6) is 0. The van der Waals surface area contributed by atoms with Crippen molar-refractivity contribution in [1.29, 1.82) is 0 Å². The van der Waals surface area contributed by atoms with E-state index >= 15 is 0 Å². The van der Waals surface area contributed by atoms with Crippen LogP contribution in [-0.2, 0) is 13.1 Å². The van der Waals surface area contributed by atoms with Crippen LogP contribution >= 0.6 is 15.9 Å². The maximum atomic E-state index is 9.93. The van der Waals surface area contributed by atoms with Gasteiger partial charge in [-0.15, -0.1) is 0 Å². The zero-order chi connectivity index (χ0) is 13.4. The SMILES string of the molecule is CC(O)c1ccc(Br)cc1N1Cc2ccccc2C1. The highest BCUT2D eigenvalue weighted by molar-refractivity contribution is 9.10. The van der Waals surface area contributed by atoms with Crippen LogP contribution in [0.25, 0.3) is 0 Å². The van der Waals surface area contributed by atoms with Crippen LogP contribution in [0.2, 0.25) is 0 Å². The first-order valence-electron chi connectivity index (χ1n) is 6.44. The second-order valence-corrected chi connectivity index (χ2v) is 5.92. The summed E-state index contributed by atoms with van der Waals surface area (Å²) in [6.07, 6.45) is -0.452. The number of anilines is 1. The lowest BCUT2D eigenvalue weighted by molar-refractivity contribution is 0.199. The number of hydrogen-bond donors (Lipinski definition) is 1. The van der Waals surface area contributed by atoms with Gasteiger partial charge >= 0.3 is 0 Å². The molecule has 98 valence electrons. The van der Waals surface area contributed by atoms with E-state index in [-0.39, 0.29) is 0 Å². The third kappa shape index (κ3) is 2.40. The van der Waals surface area contributed by atoms with Crippen LogP contribution in [0.5, 0.6) is 0 Å². The fourth-order valence-corrected chi connectivity index (χ4v) is 3.00. The van der Waals surface area contributed by atoms with Crippen LogP contribution in [0.15, 0.2) is 46.9 Å². The van der Waals surface area contributed by atoms with Gasteiger partial charge in [0.2, 0.25) is 0 Å². The zero-order valence-corrected chi connectivity index (χ0v) is 12.4. The molecule has 1 atom stereocenters. The first kappa shape index (κ1) is 12.7. The van der Waals surface area contributed by atoms with Gasteiger partial charge < -0.3 is 10.0 Å². The number of nitrogens with zero attached hydrogens (tertiary/aromatic N) is 1. The summed E-state index contributed by atoms with van der Waals surface area (Å²) in [4.78, 5) is 2.32. The Morgan fingerprint density at radius 2 is 1.74 bits per heavy atom. The van der Waals surface area contributed by atoms with Crippen molar-refractivity contribution in [2.45, 2.75) is 26.1 Å². The van der Waals surface area contributed by atoms with Gasteiger partial charge in [-0.1, -0.05) is 46.3 Å². The number of fused-ring (bicyclic) bond motifs is 1. The Balaban J connectivity index is 1.99. The predicted molar refractivity (Wildman–Crippen MR) is 81.1 cm³/mol. The minimum atomic E-state index is -0.452. The van der Waals surface area contributed by atoms with E-state index in [0.717, 1.165) is 28.8 Å². The Bertz CT molecular complexity index is 584. The highest BCUT2D eigenvalue weighted by Crippen LogP contribution is 2.35. The van der Waals surface area contributed by atoms with E-state index in [0.29, 0.717) is 0 Å². The van der Waals surface area contributed by atoms with Crippen LogP contribution in [0.4, 0.5) is 5.69 Å². The number of aliphatic hydroxyl groups is 1. The third-order valence-electron chi connectivity index (χ3n) is 3.62. The largest absolute Gasteiger partial charge is 0.389 e. The lowest BCUT2D eigenvalue weighted by atomic mass is 10.1. The van der Waals surface area contributed by atoms with Crippen LogP contribution in [-0.4, -0.2) is 5.11 Å². The molecule has 0 aliphatic carbocycles. The fourth-order valence-electron chi connectivity index (χ4n) is 2.65. The standard InChI is InChI=1S/C16H16BrNO/c1-11(19)15-7-6-14(17)8-16(15)18-9-12-4-2-3-5-13(12)10-18/h2-8,11,19H,9-10H2,1H3. The topological polar surface area (TPSA) is 23.5 Å². The molecule has 3 heteroatoms. The maximum Gasteiger partial charge on any atom is 0.0782 e. The third-order valence-corrected chi connectivity index (χ3v) is 4.12. The second-order valence-electron chi connectivity index (χ2n) is 5.00. The van der Waals surface area contributed by atoms with Gasteiger partial charge in [-0.25, -0.2) is 0 Å². The van der Waals surface area contributed by atoms with Gasteiger partial charge in [0.15, 0.2) is 0 Å². The van der Waals surface area contributed by atoms with Gasteiger partial charge in [0.25, 0.3) is 0 Å². The summed E-state index contributed by atoms with van der Waals surface area (Å²) in [7, 11) is 0. The average molecular weight is 318 g/mol. The van der Waals surface area contributed by atoms with Crippen LogP contribution < -0.4 is 4.90 Å². The Hall–Kier alpha value is -1.32. The quantitative estimate of drug-likeness (QED) is 0.904. The van der Waals surface area contributed by atoms with Gasteiger partial charge in [-0.3, -0.25) is 0 Å². The summed E-state index contributed by atoms with van der Waals surface area (Å²) >= 11 is 3.52. The van der Waals surface area contributed by atoms with Crippen LogP contribution in [0.3, 0.4) is 0 Å². The van der Waals surface area contributed by atoms with E-state index in [1.54, 1.807) is 0 Å². The highest BCUT2D eigenvalue weighted by Gasteiger charge is 2.22. The summed E-state index contributed by atoms with van der Waals surface area (Å²) in [6, 6.07) is 14.6. The molecule has 3 rings (SSSR count). The smallest absolute Gasteiger partial charge is 0.0782 e. The fraction of sp³-hybridized carbons (Fsp3) is 0.250. The van der Waals surface area contributed by atoms with Crippen molar-refractivity contribution in [3.8, 4) is 0 Å². The van der Waals surface area contributed by atoms with Gasteiger partial charge in [-0.2, -0.15) is 0 Å². The molecular formula is C16H16BrNO. The summed E-state index contributed by atoms with van der Waals surface area (Å²) in [5, 5.41) is 9.93. The molecule has 1 aliphatic heterocycles. The molecule has 0 fully saturated rings. The highest BCUT2D eigenvalue weighted by atomic mass is 79.9. The van der Waals surface area contributed by atoms with Gasteiger partial charge in [0, 0.05) is 28.8 Å². The maximum absolute atomic E-state index is 9.93. The number of rotatable bonds is 2. The van der Waals surface area contributed by atoms with E-state index < -0.39 is 6.10 Å². The van der Waals surface area contributed by atoms with Crippen LogP contribution in [0, 0.1) is 0 Å². The number of aliphatic hydroxyl groups excluding tert-OH is 1. The normalized spacial score (nSPS) is 15.4. The summed E-state index contributed by atoms with van der Waals surface area (Å²) in [5.41, 5.74) is 4.84. The Morgan fingerprint density at radius 1 is 1.11 bits per heavy atom. The molecule has 2 aromatic rings. The molecule has 1 heterocycles. The predicted octanol–water partition coefficient (Wildman–Crippen LogP) is 4.02. The Morgan fingerprint density at radius 3 is 2.32 bits per heavy atom. The molecule has 1 N–H and O–H groups in total. The van der Waals surface area contributed by atoms with E-state index in [1.807, 2.05) is 19.1 Å². The zero-order valence-electron chi connectivity index (χ0n) is 10.8. The second kappa shape index (κ2) is 4.99. The van der Waals surface area contributed by atoms with Crippen molar-refractivity contribution in [3.63, 3.8) is 0 Å². The molecule has 0 saturated carbocycles. The van der Waals surface area contributed by atoms with E-state index in [4.69, 9.17) is 0 Å². The van der Waals surface area contributed by atoms with Crippen LogP contribution in [0.1, 0.15) is 29.7 Å². The van der Waals surface area contributed by atoms with Gasteiger partial charge in [0.1, 0.15) is 0 Å². The van der Waals surface area contributed by atoms with Crippen molar-refractivity contribution in [1.82, 2.24) is 0 Å². The molecule has 2 aromatic carbocycles. The van der Waals surface area contributed by atoms with E-state index in [2.05, 4.69) is 51.2 Å². The molecule has 19 heavy (non-hydrogen) atoms. The number of benzene rings is 2. The minimum absolute atomic E-state index is 0.452. The monoisotopic (exact) mass is 317 g/mol. The van der Waals surface area contributed by atoms with Crippen molar-refractivity contribution in [2.24, 2.45) is 0 Å². The summed E-state index contributed by atoms with van der Waals surface area (Å²) in [6.45, 7) is 3.63. The van der Waals surface area contributed by atoms with Crippen molar-refractivity contribution >= 4 is 21.6 Å². The van der Waals surface area contributed by atoms with E-state index in [1.165, 1.54) is 11.1 Å². The first-order valence-corrected chi connectivity index (χ1v) is 7.23. The molecule has 0 radical (unpaired) electrons. The molecular weight excluding hydrogens is 302 g/mol. The molecule has 0 bridgehead atoms. The van der Waals surface area contributed by atoms with Crippen molar-refractivity contribution in [2.75, 3.05) is 4.90 Å².